The van der Waals surface area contributed by atoms with Crippen LogP contribution in [0.1, 0.15) is 26.3 Å². The third-order valence-electron chi connectivity index (χ3n) is 2.43. The fourth-order valence-electron chi connectivity index (χ4n) is 2.03. The molecule has 96 valence electrons. The molecule has 17 heavy (non-hydrogen) atoms. The molecule has 0 amide bonds. The minimum Gasteiger partial charge on any atom is -0.496 e. The first-order valence-corrected chi connectivity index (χ1v) is 6.62. The molecule has 0 saturated heterocycles. The van der Waals surface area contributed by atoms with Gasteiger partial charge in [0.2, 0.25) is 0 Å². The second kappa shape index (κ2) is 5.87. The summed E-state index contributed by atoms with van der Waals surface area (Å²) in [7, 11) is 3.86. The van der Waals surface area contributed by atoms with Crippen molar-refractivity contribution >= 4 is 15.9 Å². The van der Waals surface area contributed by atoms with E-state index in [2.05, 4.69) is 54.7 Å². The van der Waals surface area contributed by atoms with E-state index in [9.17, 15) is 0 Å². The van der Waals surface area contributed by atoms with Crippen molar-refractivity contribution in [3.05, 3.63) is 28.2 Å². The molecule has 0 unspecified atom stereocenters. The quantitative estimate of drug-likeness (QED) is 0.835. The predicted octanol–water partition coefficient (Wildman–Crippen LogP) is 3.94. The van der Waals surface area contributed by atoms with Gasteiger partial charge in [-0.05, 0) is 30.7 Å². The smallest absolute Gasteiger partial charge is 0.123 e. The third kappa shape index (κ3) is 5.09. The van der Waals surface area contributed by atoms with Gasteiger partial charge in [0.15, 0.2) is 0 Å². The van der Waals surface area contributed by atoms with Crippen molar-refractivity contribution in [1.82, 2.24) is 4.90 Å². The summed E-state index contributed by atoms with van der Waals surface area (Å²) in [4.78, 5) is 2.32. The molecular weight excluding hydrogens is 278 g/mol. The number of halogens is 1. The molecular formula is C14H22BrNO. The van der Waals surface area contributed by atoms with Gasteiger partial charge < -0.3 is 9.64 Å². The number of benzene rings is 1. The first-order chi connectivity index (χ1) is 7.81. The maximum absolute atomic E-state index is 5.38. The Morgan fingerprint density at radius 3 is 2.47 bits per heavy atom. The Balaban J connectivity index is 2.76. The lowest BCUT2D eigenvalue weighted by Crippen LogP contribution is -2.29. The molecule has 0 atom stereocenters. The number of hydrogen-bond acceptors (Lipinski definition) is 2. The average molecular weight is 300 g/mol. The van der Waals surface area contributed by atoms with E-state index in [0.717, 1.165) is 23.3 Å². The van der Waals surface area contributed by atoms with Crippen LogP contribution in [-0.2, 0) is 6.54 Å². The van der Waals surface area contributed by atoms with Crippen molar-refractivity contribution in [2.24, 2.45) is 5.41 Å². The molecule has 0 aromatic heterocycles. The molecule has 0 heterocycles. The van der Waals surface area contributed by atoms with Gasteiger partial charge in [-0.1, -0.05) is 36.7 Å². The highest BCUT2D eigenvalue weighted by atomic mass is 79.9. The van der Waals surface area contributed by atoms with Crippen LogP contribution in [0.4, 0.5) is 0 Å². The Morgan fingerprint density at radius 2 is 1.94 bits per heavy atom. The average Bonchev–Trinajstić information content (AvgIpc) is 2.14. The Kier molecular flexibility index (Phi) is 5.02. The van der Waals surface area contributed by atoms with E-state index in [1.54, 1.807) is 7.11 Å². The van der Waals surface area contributed by atoms with Crippen LogP contribution in [0.15, 0.2) is 22.7 Å². The molecule has 0 N–H and O–H groups in total. The van der Waals surface area contributed by atoms with Gasteiger partial charge in [-0.3, -0.25) is 0 Å². The first-order valence-electron chi connectivity index (χ1n) is 5.83. The number of methoxy groups -OCH3 is 1. The van der Waals surface area contributed by atoms with E-state index in [1.165, 1.54) is 5.56 Å². The summed E-state index contributed by atoms with van der Waals surface area (Å²) in [5, 5.41) is 0. The minimum atomic E-state index is 0.313. The zero-order chi connectivity index (χ0) is 13.1. The standard InChI is InChI=1S/C14H22BrNO/c1-14(2,3)10-16(4)9-11-8-12(15)6-7-13(11)17-5/h6-8H,9-10H2,1-5H3. The Morgan fingerprint density at radius 1 is 1.29 bits per heavy atom. The molecule has 2 nitrogen and oxygen atoms in total. The summed E-state index contributed by atoms with van der Waals surface area (Å²) in [5.74, 6) is 0.953. The second-order valence-electron chi connectivity index (χ2n) is 5.69. The minimum absolute atomic E-state index is 0.313. The summed E-state index contributed by atoms with van der Waals surface area (Å²) in [6.45, 7) is 8.72. The van der Waals surface area contributed by atoms with Gasteiger partial charge in [0.25, 0.3) is 0 Å². The van der Waals surface area contributed by atoms with Crippen molar-refractivity contribution < 1.29 is 4.74 Å². The topological polar surface area (TPSA) is 12.5 Å². The number of nitrogens with zero attached hydrogens (tertiary/aromatic N) is 1. The van der Waals surface area contributed by atoms with Gasteiger partial charge in [-0.2, -0.15) is 0 Å². The summed E-state index contributed by atoms with van der Waals surface area (Å²) in [5.41, 5.74) is 1.53. The Bertz CT molecular complexity index is 371. The largest absolute Gasteiger partial charge is 0.496 e. The molecule has 1 aromatic rings. The molecule has 0 aliphatic rings. The van der Waals surface area contributed by atoms with Gasteiger partial charge in [-0.15, -0.1) is 0 Å². The molecule has 0 bridgehead atoms. The maximum atomic E-state index is 5.38. The number of ether oxygens (including phenoxy) is 1. The van der Waals surface area contributed by atoms with E-state index >= 15 is 0 Å². The monoisotopic (exact) mass is 299 g/mol. The van der Waals surface area contributed by atoms with Crippen LogP contribution < -0.4 is 4.74 Å². The molecule has 0 saturated carbocycles. The highest BCUT2D eigenvalue weighted by molar-refractivity contribution is 9.10. The van der Waals surface area contributed by atoms with Gasteiger partial charge in [0.1, 0.15) is 5.75 Å². The van der Waals surface area contributed by atoms with Gasteiger partial charge >= 0.3 is 0 Å². The number of hydrogen-bond donors (Lipinski definition) is 0. The maximum Gasteiger partial charge on any atom is 0.123 e. The summed E-state index contributed by atoms with van der Waals surface area (Å²) in [6.07, 6.45) is 0. The van der Waals surface area contributed by atoms with Gasteiger partial charge in [0.05, 0.1) is 7.11 Å². The van der Waals surface area contributed by atoms with Crippen LogP contribution in [0.25, 0.3) is 0 Å². The normalized spacial score (nSPS) is 11.9. The van der Waals surface area contributed by atoms with E-state index in [4.69, 9.17) is 4.74 Å². The Labute approximate surface area is 113 Å². The molecule has 0 radical (unpaired) electrons. The fourth-order valence-corrected chi connectivity index (χ4v) is 2.44. The van der Waals surface area contributed by atoms with Crippen LogP contribution in [0, 0.1) is 5.41 Å². The van der Waals surface area contributed by atoms with Crippen molar-refractivity contribution in [3.63, 3.8) is 0 Å². The lowest BCUT2D eigenvalue weighted by molar-refractivity contribution is 0.218. The summed E-state index contributed by atoms with van der Waals surface area (Å²) >= 11 is 3.50. The lowest BCUT2D eigenvalue weighted by Gasteiger charge is -2.27. The zero-order valence-electron chi connectivity index (χ0n) is 11.4. The highest BCUT2D eigenvalue weighted by Gasteiger charge is 2.15. The number of rotatable bonds is 4. The lowest BCUT2D eigenvalue weighted by atomic mass is 9.96. The second-order valence-corrected chi connectivity index (χ2v) is 6.60. The van der Waals surface area contributed by atoms with Crippen LogP contribution in [0.5, 0.6) is 5.75 Å². The van der Waals surface area contributed by atoms with Crippen molar-refractivity contribution in [2.45, 2.75) is 27.3 Å². The van der Waals surface area contributed by atoms with E-state index in [1.807, 2.05) is 12.1 Å². The molecule has 3 heteroatoms. The van der Waals surface area contributed by atoms with Crippen LogP contribution >= 0.6 is 15.9 Å². The molecule has 1 rings (SSSR count). The zero-order valence-corrected chi connectivity index (χ0v) is 13.0. The molecule has 0 aliphatic heterocycles. The van der Waals surface area contributed by atoms with Gasteiger partial charge in [0, 0.05) is 23.1 Å². The Hall–Kier alpha value is -0.540. The molecule has 1 aromatic carbocycles. The summed E-state index contributed by atoms with van der Waals surface area (Å²) in [6, 6.07) is 6.13. The highest BCUT2D eigenvalue weighted by Crippen LogP contribution is 2.25. The molecule has 0 aliphatic carbocycles. The fraction of sp³-hybridized carbons (Fsp3) is 0.571. The van der Waals surface area contributed by atoms with Crippen molar-refractivity contribution in [2.75, 3.05) is 20.7 Å². The van der Waals surface area contributed by atoms with Crippen LogP contribution in [0.2, 0.25) is 0 Å². The van der Waals surface area contributed by atoms with Crippen LogP contribution in [0.3, 0.4) is 0 Å². The van der Waals surface area contributed by atoms with Crippen LogP contribution in [-0.4, -0.2) is 25.6 Å². The first kappa shape index (κ1) is 14.5. The SMILES string of the molecule is COc1ccc(Br)cc1CN(C)CC(C)(C)C. The van der Waals surface area contributed by atoms with E-state index in [0.29, 0.717) is 5.41 Å². The van der Waals surface area contributed by atoms with Crippen molar-refractivity contribution in [3.8, 4) is 5.75 Å². The van der Waals surface area contributed by atoms with E-state index in [-0.39, 0.29) is 0 Å². The van der Waals surface area contributed by atoms with E-state index < -0.39 is 0 Å². The van der Waals surface area contributed by atoms with Gasteiger partial charge in [-0.25, -0.2) is 0 Å². The predicted molar refractivity (Wildman–Crippen MR) is 76.5 cm³/mol. The van der Waals surface area contributed by atoms with Crippen molar-refractivity contribution in [1.29, 1.82) is 0 Å². The molecule has 0 fully saturated rings. The molecule has 0 spiro atoms. The summed E-state index contributed by atoms with van der Waals surface area (Å²) < 4.78 is 6.48. The third-order valence-corrected chi connectivity index (χ3v) is 2.92.